The molecule has 0 aliphatic heterocycles. The number of rotatable bonds is 7. The molecule has 0 unspecified atom stereocenters. The Bertz CT molecular complexity index is 1400. The molecule has 0 N–H and O–H groups in total. The largest absolute Gasteiger partial charge is 0.494 e. The molecule has 0 fully saturated rings. The van der Waals surface area contributed by atoms with Crippen molar-refractivity contribution in [1.82, 2.24) is 24.8 Å². The van der Waals surface area contributed by atoms with Gasteiger partial charge in [0.25, 0.3) is 11.4 Å². The lowest BCUT2D eigenvalue weighted by molar-refractivity contribution is 0.340. The van der Waals surface area contributed by atoms with Crippen LogP contribution in [-0.4, -0.2) is 31.5 Å². The Morgan fingerprint density at radius 3 is 2.75 bits per heavy atom. The summed E-state index contributed by atoms with van der Waals surface area (Å²) in [4.78, 5) is 22.1. The van der Waals surface area contributed by atoms with E-state index in [0.717, 1.165) is 16.2 Å². The minimum absolute atomic E-state index is 0.108. The lowest BCUT2D eigenvalue weighted by atomic mass is 10.2. The van der Waals surface area contributed by atoms with Gasteiger partial charge in [-0.1, -0.05) is 28.5 Å². The lowest BCUT2D eigenvalue weighted by Gasteiger charge is -2.03. The van der Waals surface area contributed by atoms with Crippen molar-refractivity contribution >= 4 is 11.3 Å². The molecule has 1 aromatic carbocycles. The van der Waals surface area contributed by atoms with E-state index in [-0.39, 0.29) is 12.1 Å². The molecule has 0 bridgehead atoms. The standard InChI is InChI=1S/C22H17N5O4S/c1-2-29-16-6-3-5-14(11-16)20-23-18(30-25-20)13-27-12-15(8-9-19(27)28)22-24-21(26-31-22)17-7-4-10-32-17/h3-12H,2,13H2,1H3. The van der Waals surface area contributed by atoms with E-state index in [4.69, 9.17) is 13.8 Å². The van der Waals surface area contributed by atoms with Crippen molar-refractivity contribution in [2.24, 2.45) is 0 Å². The van der Waals surface area contributed by atoms with Crippen LogP contribution in [0.5, 0.6) is 5.75 Å². The predicted molar refractivity (Wildman–Crippen MR) is 117 cm³/mol. The maximum absolute atomic E-state index is 12.4. The van der Waals surface area contributed by atoms with Gasteiger partial charge in [-0.05, 0) is 36.6 Å². The van der Waals surface area contributed by atoms with Crippen LogP contribution in [0, 0.1) is 0 Å². The van der Waals surface area contributed by atoms with E-state index in [9.17, 15) is 4.79 Å². The summed E-state index contributed by atoms with van der Waals surface area (Å²) in [6.07, 6.45) is 1.63. The fourth-order valence-electron chi connectivity index (χ4n) is 3.10. The smallest absolute Gasteiger partial charge is 0.259 e. The molecule has 9 nitrogen and oxygen atoms in total. The predicted octanol–water partition coefficient (Wildman–Crippen LogP) is 4.12. The molecule has 0 aliphatic rings. The van der Waals surface area contributed by atoms with Crippen molar-refractivity contribution in [2.45, 2.75) is 13.5 Å². The number of hydrogen-bond donors (Lipinski definition) is 0. The van der Waals surface area contributed by atoms with E-state index in [0.29, 0.717) is 35.6 Å². The molecule has 0 aliphatic carbocycles. The maximum atomic E-state index is 12.4. The summed E-state index contributed by atoms with van der Waals surface area (Å²) < 4.78 is 17.7. The third-order valence-electron chi connectivity index (χ3n) is 4.57. The van der Waals surface area contributed by atoms with Crippen molar-refractivity contribution in [3.63, 3.8) is 0 Å². The fraction of sp³-hybridized carbons (Fsp3) is 0.136. The first-order valence-corrected chi connectivity index (χ1v) is 10.7. The monoisotopic (exact) mass is 447 g/mol. The molecule has 0 saturated carbocycles. The highest BCUT2D eigenvalue weighted by atomic mass is 32.1. The SMILES string of the molecule is CCOc1cccc(-c2noc(Cn3cc(-c4nc(-c5cccs5)no4)ccc3=O)n2)c1. The second-order valence-corrected chi connectivity index (χ2v) is 7.70. The van der Waals surface area contributed by atoms with Gasteiger partial charge in [0.2, 0.25) is 17.5 Å². The highest BCUT2D eigenvalue weighted by molar-refractivity contribution is 7.13. The van der Waals surface area contributed by atoms with Gasteiger partial charge in [-0.15, -0.1) is 11.3 Å². The van der Waals surface area contributed by atoms with Crippen LogP contribution >= 0.6 is 11.3 Å². The van der Waals surface area contributed by atoms with Crippen molar-refractivity contribution in [2.75, 3.05) is 6.61 Å². The van der Waals surface area contributed by atoms with Crippen LogP contribution in [0.4, 0.5) is 0 Å². The van der Waals surface area contributed by atoms with E-state index in [1.807, 2.05) is 48.7 Å². The molecule has 0 saturated heterocycles. The quantitative estimate of drug-likeness (QED) is 0.366. The number of aromatic nitrogens is 5. The summed E-state index contributed by atoms with van der Waals surface area (Å²) in [6, 6.07) is 14.3. The van der Waals surface area contributed by atoms with Crippen LogP contribution in [0.25, 0.3) is 33.5 Å². The minimum atomic E-state index is -0.218. The van der Waals surface area contributed by atoms with Gasteiger partial charge in [0.1, 0.15) is 12.3 Å². The van der Waals surface area contributed by atoms with Crippen LogP contribution < -0.4 is 10.3 Å². The number of pyridine rings is 1. The van der Waals surface area contributed by atoms with Gasteiger partial charge in [0.05, 0.1) is 17.0 Å². The molecule has 4 aromatic heterocycles. The van der Waals surface area contributed by atoms with E-state index >= 15 is 0 Å². The van der Waals surface area contributed by atoms with Gasteiger partial charge in [-0.2, -0.15) is 9.97 Å². The number of thiophene rings is 1. The minimum Gasteiger partial charge on any atom is -0.494 e. The Balaban J connectivity index is 1.39. The van der Waals surface area contributed by atoms with E-state index in [1.165, 1.54) is 22.0 Å². The number of nitrogens with zero attached hydrogens (tertiary/aromatic N) is 5. The highest BCUT2D eigenvalue weighted by Crippen LogP contribution is 2.25. The van der Waals surface area contributed by atoms with Gasteiger partial charge < -0.3 is 18.4 Å². The molecular weight excluding hydrogens is 430 g/mol. The first-order valence-electron chi connectivity index (χ1n) is 9.84. The average molecular weight is 447 g/mol. The normalized spacial score (nSPS) is 11.0. The summed E-state index contributed by atoms with van der Waals surface area (Å²) in [7, 11) is 0. The number of ether oxygens (including phenoxy) is 1. The fourth-order valence-corrected chi connectivity index (χ4v) is 3.75. The van der Waals surface area contributed by atoms with Gasteiger partial charge in [0.15, 0.2) is 0 Å². The second kappa shape index (κ2) is 8.60. The molecule has 32 heavy (non-hydrogen) atoms. The first-order chi connectivity index (χ1) is 15.7. The number of benzene rings is 1. The molecule has 5 rings (SSSR count). The summed E-state index contributed by atoms with van der Waals surface area (Å²) >= 11 is 1.52. The zero-order valence-corrected chi connectivity index (χ0v) is 17.8. The number of hydrogen-bond acceptors (Lipinski definition) is 9. The van der Waals surface area contributed by atoms with Gasteiger partial charge in [0, 0.05) is 17.8 Å². The highest BCUT2D eigenvalue weighted by Gasteiger charge is 2.14. The van der Waals surface area contributed by atoms with Crippen LogP contribution in [0.1, 0.15) is 12.8 Å². The zero-order chi connectivity index (χ0) is 21.9. The summed E-state index contributed by atoms with van der Waals surface area (Å²) in [5, 5.41) is 9.98. The lowest BCUT2D eigenvalue weighted by Crippen LogP contribution is -2.19. The Morgan fingerprint density at radius 1 is 1.00 bits per heavy atom. The Morgan fingerprint density at radius 2 is 1.91 bits per heavy atom. The molecule has 160 valence electrons. The molecular formula is C22H17N5O4S. The van der Waals surface area contributed by atoms with Crippen LogP contribution in [0.15, 0.2) is 73.9 Å². The zero-order valence-electron chi connectivity index (χ0n) is 17.0. The molecule has 5 aromatic rings. The summed E-state index contributed by atoms with van der Waals surface area (Å²) in [5.41, 5.74) is 1.16. The van der Waals surface area contributed by atoms with Gasteiger partial charge >= 0.3 is 0 Å². The molecule has 0 amide bonds. The molecule has 0 atom stereocenters. The van der Waals surface area contributed by atoms with E-state index in [1.54, 1.807) is 12.3 Å². The third-order valence-corrected chi connectivity index (χ3v) is 5.44. The Hall–Kier alpha value is -4.05. The summed E-state index contributed by atoms with van der Waals surface area (Å²) in [5.74, 6) is 2.26. The average Bonchev–Trinajstić information content (AvgIpc) is 3.57. The van der Waals surface area contributed by atoms with Crippen molar-refractivity contribution in [3.8, 4) is 39.3 Å². The Kier molecular flexibility index (Phi) is 5.34. The van der Waals surface area contributed by atoms with Crippen molar-refractivity contribution in [3.05, 3.63) is 76.4 Å². The molecule has 0 radical (unpaired) electrons. The van der Waals surface area contributed by atoms with Crippen LogP contribution in [0.2, 0.25) is 0 Å². The summed E-state index contributed by atoms with van der Waals surface area (Å²) in [6.45, 7) is 2.59. The maximum Gasteiger partial charge on any atom is 0.259 e. The first kappa shape index (κ1) is 19.9. The van der Waals surface area contributed by atoms with Gasteiger partial charge in [-0.3, -0.25) is 4.79 Å². The topological polar surface area (TPSA) is 109 Å². The van der Waals surface area contributed by atoms with Crippen LogP contribution in [0.3, 0.4) is 0 Å². The molecule has 10 heteroatoms. The van der Waals surface area contributed by atoms with Crippen LogP contribution in [-0.2, 0) is 6.54 Å². The van der Waals surface area contributed by atoms with E-state index in [2.05, 4.69) is 20.3 Å². The molecule has 0 spiro atoms. The Labute approximate surface area is 185 Å². The second-order valence-electron chi connectivity index (χ2n) is 6.76. The van der Waals surface area contributed by atoms with Crippen molar-refractivity contribution in [1.29, 1.82) is 0 Å². The van der Waals surface area contributed by atoms with Gasteiger partial charge in [-0.25, -0.2) is 0 Å². The molecule has 4 heterocycles. The van der Waals surface area contributed by atoms with E-state index < -0.39 is 0 Å². The third kappa shape index (κ3) is 4.08. The van der Waals surface area contributed by atoms with Crippen molar-refractivity contribution < 1.29 is 13.8 Å².